The quantitative estimate of drug-likeness (QED) is 0.763. The van der Waals surface area contributed by atoms with Gasteiger partial charge in [0.2, 0.25) is 0 Å². The number of pyridine rings is 1. The first-order chi connectivity index (χ1) is 8.58. The minimum Gasteiger partial charge on any atom is -0.292 e. The number of rotatable bonds is 3. The SMILES string of the molecule is O=C(Cc1cc(Cl)ccc1Cl)c1ncccc1Br. The van der Waals surface area contributed by atoms with Crippen LogP contribution < -0.4 is 0 Å². The van der Waals surface area contributed by atoms with Crippen molar-refractivity contribution in [1.82, 2.24) is 4.98 Å². The van der Waals surface area contributed by atoms with Gasteiger partial charge >= 0.3 is 0 Å². The summed E-state index contributed by atoms with van der Waals surface area (Å²) < 4.78 is 0.674. The van der Waals surface area contributed by atoms with Crippen LogP contribution in [0.1, 0.15) is 16.1 Å². The molecule has 0 radical (unpaired) electrons. The number of carbonyl (C=O) groups excluding carboxylic acids is 1. The average Bonchev–Trinajstić information content (AvgIpc) is 2.34. The topological polar surface area (TPSA) is 30.0 Å². The summed E-state index contributed by atoms with van der Waals surface area (Å²) >= 11 is 15.2. The zero-order valence-electron chi connectivity index (χ0n) is 9.16. The third-order valence-corrected chi connectivity index (χ3v) is 3.63. The van der Waals surface area contributed by atoms with Crippen LogP contribution in [-0.4, -0.2) is 10.8 Å². The molecule has 1 aromatic heterocycles. The van der Waals surface area contributed by atoms with Gasteiger partial charge in [0.25, 0.3) is 0 Å². The largest absolute Gasteiger partial charge is 0.292 e. The van der Waals surface area contributed by atoms with E-state index in [2.05, 4.69) is 20.9 Å². The Labute approximate surface area is 123 Å². The van der Waals surface area contributed by atoms with Crippen molar-refractivity contribution in [1.29, 1.82) is 0 Å². The summed E-state index contributed by atoms with van der Waals surface area (Å²) in [5, 5.41) is 1.09. The highest BCUT2D eigenvalue weighted by molar-refractivity contribution is 9.10. The zero-order chi connectivity index (χ0) is 13.1. The molecule has 0 bridgehead atoms. The van der Waals surface area contributed by atoms with Crippen molar-refractivity contribution in [2.45, 2.75) is 6.42 Å². The number of nitrogens with zero attached hydrogens (tertiary/aromatic N) is 1. The Bertz CT molecular complexity index is 601. The van der Waals surface area contributed by atoms with Crippen LogP contribution in [0.15, 0.2) is 41.0 Å². The molecule has 0 saturated carbocycles. The lowest BCUT2D eigenvalue weighted by Crippen LogP contribution is -2.07. The number of hydrogen-bond donors (Lipinski definition) is 0. The van der Waals surface area contributed by atoms with Gasteiger partial charge < -0.3 is 0 Å². The lowest BCUT2D eigenvalue weighted by molar-refractivity contribution is 0.0987. The molecule has 0 spiro atoms. The molecule has 1 aromatic carbocycles. The van der Waals surface area contributed by atoms with E-state index >= 15 is 0 Å². The normalized spacial score (nSPS) is 10.4. The molecule has 0 aliphatic rings. The molecule has 0 aliphatic carbocycles. The number of benzene rings is 1. The fraction of sp³-hybridized carbons (Fsp3) is 0.0769. The second-order valence-electron chi connectivity index (χ2n) is 3.67. The van der Waals surface area contributed by atoms with Crippen LogP contribution in [0, 0.1) is 0 Å². The van der Waals surface area contributed by atoms with Crippen molar-refractivity contribution in [3.8, 4) is 0 Å². The number of ketones is 1. The van der Waals surface area contributed by atoms with Crippen molar-refractivity contribution in [3.05, 3.63) is 62.3 Å². The molecule has 5 heteroatoms. The van der Waals surface area contributed by atoms with Gasteiger partial charge in [-0.15, -0.1) is 0 Å². The lowest BCUT2D eigenvalue weighted by atomic mass is 10.1. The van der Waals surface area contributed by atoms with Crippen LogP contribution in [0.25, 0.3) is 0 Å². The predicted molar refractivity (Wildman–Crippen MR) is 76.4 cm³/mol. The molecule has 2 aromatic rings. The molecular weight excluding hydrogens is 337 g/mol. The lowest BCUT2D eigenvalue weighted by Gasteiger charge is -2.05. The van der Waals surface area contributed by atoms with Crippen molar-refractivity contribution in [2.75, 3.05) is 0 Å². The smallest absolute Gasteiger partial charge is 0.186 e. The van der Waals surface area contributed by atoms with Gasteiger partial charge in [-0.2, -0.15) is 0 Å². The molecule has 92 valence electrons. The molecule has 0 saturated heterocycles. The van der Waals surface area contributed by atoms with Crippen LogP contribution in [0.5, 0.6) is 0 Å². The third-order valence-electron chi connectivity index (χ3n) is 2.38. The van der Waals surface area contributed by atoms with E-state index in [0.29, 0.717) is 25.8 Å². The van der Waals surface area contributed by atoms with E-state index in [1.165, 1.54) is 0 Å². The van der Waals surface area contributed by atoms with E-state index in [1.807, 2.05) is 0 Å². The molecule has 0 fully saturated rings. The first kappa shape index (κ1) is 13.5. The summed E-state index contributed by atoms with van der Waals surface area (Å²) in [7, 11) is 0. The van der Waals surface area contributed by atoms with Crippen LogP contribution in [0.3, 0.4) is 0 Å². The Balaban J connectivity index is 2.27. The maximum atomic E-state index is 12.1. The molecule has 18 heavy (non-hydrogen) atoms. The molecule has 0 unspecified atom stereocenters. The van der Waals surface area contributed by atoms with E-state index in [4.69, 9.17) is 23.2 Å². The van der Waals surface area contributed by atoms with Gasteiger partial charge in [0.15, 0.2) is 5.78 Å². The average molecular weight is 345 g/mol. The summed E-state index contributed by atoms with van der Waals surface area (Å²) in [6, 6.07) is 8.60. The highest BCUT2D eigenvalue weighted by atomic mass is 79.9. The Hall–Kier alpha value is -0.900. The standard InChI is InChI=1S/C13H8BrCl2NO/c14-10-2-1-5-17-13(10)12(18)7-8-6-9(15)3-4-11(8)16/h1-6H,7H2. The van der Waals surface area contributed by atoms with E-state index in [0.717, 1.165) is 0 Å². The van der Waals surface area contributed by atoms with Gasteiger partial charge in [0, 0.05) is 27.1 Å². The zero-order valence-corrected chi connectivity index (χ0v) is 12.3. The molecule has 0 amide bonds. The van der Waals surface area contributed by atoms with Gasteiger partial charge in [-0.3, -0.25) is 9.78 Å². The van der Waals surface area contributed by atoms with E-state index in [9.17, 15) is 4.79 Å². The number of Topliss-reactive ketones (excluding diaryl/α,β-unsaturated/α-hetero) is 1. The van der Waals surface area contributed by atoms with Gasteiger partial charge in [-0.25, -0.2) is 0 Å². The summed E-state index contributed by atoms with van der Waals surface area (Å²) in [4.78, 5) is 16.2. The van der Waals surface area contributed by atoms with Crippen LogP contribution in [0.4, 0.5) is 0 Å². The van der Waals surface area contributed by atoms with E-state index in [1.54, 1.807) is 36.5 Å². The molecule has 1 heterocycles. The van der Waals surface area contributed by atoms with Crippen LogP contribution in [0.2, 0.25) is 10.0 Å². The highest BCUT2D eigenvalue weighted by Crippen LogP contribution is 2.23. The fourth-order valence-corrected chi connectivity index (χ4v) is 2.38. The Kier molecular flexibility index (Phi) is 4.38. The van der Waals surface area contributed by atoms with E-state index < -0.39 is 0 Å². The number of halogens is 3. The van der Waals surface area contributed by atoms with Gasteiger partial charge in [-0.05, 0) is 51.8 Å². The minimum atomic E-state index is -0.105. The molecule has 2 rings (SSSR count). The maximum Gasteiger partial charge on any atom is 0.186 e. The van der Waals surface area contributed by atoms with Crippen LogP contribution >= 0.6 is 39.1 Å². The maximum absolute atomic E-state index is 12.1. The van der Waals surface area contributed by atoms with Crippen molar-refractivity contribution < 1.29 is 4.79 Å². The second-order valence-corrected chi connectivity index (χ2v) is 5.37. The number of carbonyl (C=O) groups is 1. The number of hydrogen-bond acceptors (Lipinski definition) is 2. The summed E-state index contributed by atoms with van der Waals surface area (Å²) in [6.07, 6.45) is 1.76. The van der Waals surface area contributed by atoms with E-state index in [-0.39, 0.29) is 12.2 Å². The monoisotopic (exact) mass is 343 g/mol. The first-order valence-corrected chi connectivity index (χ1v) is 6.70. The van der Waals surface area contributed by atoms with Crippen molar-refractivity contribution in [2.24, 2.45) is 0 Å². The first-order valence-electron chi connectivity index (χ1n) is 5.15. The van der Waals surface area contributed by atoms with Gasteiger partial charge in [0.05, 0.1) is 0 Å². The van der Waals surface area contributed by atoms with Gasteiger partial charge in [-0.1, -0.05) is 23.2 Å². The highest BCUT2D eigenvalue weighted by Gasteiger charge is 2.13. The molecule has 0 atom stereocenters. The molecule has 0 N–H and O–H groups in total. The van der Waals surface area contributed by atoms with Gasteiger partial charge in [0.1, 0.15) is 5.69 Å². The second kappa shape index (κ2) is 5.83. The third kappa shape index (κ3) is 3.10. The molecular formula is C13H8BrCl2NO. The molecule has 0 aliphatic heterocycles. The Morgan fingerprint density at radius 2 is 2.06 bits per heavy atom. The molecule has 2 nitrogen and oxygen atoms in total. The summed E-state index contributed by atoms with van der Waals surface area (Å²) in [5.41, 5.74) is 1.10. The minimum absolute atomic E-state index is 0.105. The fourth-order valence-electron chi connectivity index (χ4n) is 1.53. The predicted octanol–water partition coefficient (Wildman–Crippen LogP) is 4.58. The van der Waals surface area contributed by atoms with Crippen molar-refractivity contribution >= 4 is 44.9 Å². The van der Waals surface area contributed by atoms with Crippen LogP contribution in [-0.2, 0) is 6.42 Å². The summed E-state index contributed by atoms with van der Waals surface area (Å²) in [6.45, 7) is 0. The summed E-state index contributed by atoms with van der Waals surface area (Å²) in [5.74, 6) is -0.105. The number of aromatic nitrogens is 1. The Morgan fingerprint density at radius 3 is 2.78 bits per heavy atom. The Morgan fingerprint density at radius 1 is 1.28 bits per heavy atom. The van der Waals surface area contributed by atoms with Crippen molar-refractivity contribution in [3.63, 3.8) is 0 Å².